The van der Waals surface area contributed by atoms with Gasteiger partial charge in [-0.15, -0.1) is 11.3 Å². The van der Waals surface area contributed by atoms with Crippen LogP contribution in [-0.4, -0.2) is 28.1 Å². The second kappa shape index (κ2) is 9.39. The van der Waals surface area contributed by atoms with E-state index >= 15 is 0 Å². The maximum absolute atomic E-state index is 12.0. The topological polar surface area (TPSA) is 61.2 Å². The van der Waals surface area contributed by atoms with Crippen molar-refractivity contribution in [3.63, 3.8) is 0 Å². The van der Waals surface area contributed by atoms with Crippen molar-refractivity contribution in [3.05, 3.63) is 79.2 Å². The summed E-state index contributed by atoms with van der Waals surface area (Å²) in [5.41, 5.74) is 3.57. The van der Waals surface area contributed by atoms with Crippen LogP contribution in [0.25, 0.3) is 6.08 Å². The number of thiophene rings is 1. The van der Waals surface area contributed by atoms with Crippen LogP contribution in [0.5, 0.6) is 0 Å². The molecule has 8 heteroatoms. The van der Waals surface area contributed by atoms with Gasteiger partial charge in [-0.1, -0.05) is 53.0 Å². The van der Waals surface area contributed by atoms with Crippen LogP contribution in [0.3, 0.4) is 0 Å². The van der Waals surface area contributed by atoms with Crippen LogP contribution >= 0.6 is 34.5 Å². The number of aromatic nitrogens is 2. The SMILES string of the molecule is Cc1ccc(Cn2nc(C)c(/C=C/C(=O)OCC(=O)c3ccc(Cl)s3)c2Cl)cc1. The van der Waals surface area contributed by atoms with Gasteiger partial charge in [0.15, 0.2) is 6.61 Å². The largest absolute Gasteiger partial charge is 0.454 e. The molecule has 0 spiro atoms. The molecule has 0 saturated heterocycles. The maximum Gasteiger partial charge on any atom is 0.331 e. The van der Waals surface area contributed by atoms with E-state index < -0.39 is 5.97 Å². The number of carbonyl (C=O) groups is 2. The standard InChI is InChI=1S/C21H18Cl2N2O3S/c1-13-3-5-15(6-4-13)11-25-21(23)16(14(2)24-25)7-10-20(27)28-12-17(26)18-8-9-19(22)29-18/h3-10H,11-12H2,1-2H3/b10-7+. The van der Waals surface area contributed by atoms with E-state index in [0.717, 1.165) is 16.9 Å². The van der Waals surface area contributed by atoms with Gasteiger partial charge < -0.3 is 4.74 Å². The van der Waals surface area contributed by atoms with Crippen molar-refractivity contribution < 1.29 is 14.3 Å². The third kappa shape index (κ3) is 5.56. The van der Waals surface area contributed by atoms with Crippen molar-refractivity contribution in [2.75, 3.05) is 6.61 Å². The number of aryl methyl sites for hydroxylation is 2. The summed E-state index contributed by atoms with van der Waals surface area (Å²) in [6.07, 6.45) is 2.78. The molecule has 0 radical (unpaired) electrons. The molecule has 0 aliphatic rings. The molecule has 2 aromatic heterocycles. The highest BCUT2D eigenvalue weighted by atomic mass is 35.5. The highest BCUT2D eigenvalue weighted by molar-refractivity contribution is 7.18. The molecule has 0 unspecified atom stereocenters. The Morgan fingerprint density at radius 1 is 1.14 bits per heavy atom. The van der Waals surface area contributed by atoms with Gasteiger partial charge >= 0.3 is 5.97 Å². The summed E-state index contributed by atoms with van der Waals surface area (Å²) in [5.74, 6) is -0.938. The highest BCUT2D eigenvalue weighted by Crippen LogP contribution is 2.23. The number of nitrogens with zero attached hydrogens (tertiary/aromatic N) is 2. The third-order valence-electron chi connectivity index (χ3n) is 4.14. The van der Waals surface area contributed by atoms with Gasteiger partial charge in [0.25, 0.3) is 0 Å². The Balaban J connectivity index is 1.62. The molecule has 0 amide bonds. The quantitative estimate of drug-likeness (QED) is 0.277. The summed E-state index contributed by atoms with van der Waals surface area (Å²) in [7, 11) is 0. The van der Waals surface area contributed by atoms with Gasteiger partial charge in [-0.25, -0.2) is 9.48 Å². The van der Waals surface area contributed by atoms with E-state index in [-0.39, 0.29) is 12.4 Å². The minimum Gasteiger partial charge on any atom is -0.454 e. The summed E-state index contributed by atoms with van der Waals surface area (Å²) in [6, 6.07) is 11.3. The predicted molar refractivity (Wildman–Crippen MR) is 116 cm³/mol. The van der Waals surface area contributed by atoms with Crippen LogP contribution < -0.4 is 0 Å². The third-order valence-corrected chi connectivity index (χ3v) is 5.81. The Morgan fingerprint density at radius 2 is 1.86 bits per heavy atom. The first-order chi connectivity index (χ1) is 13.8. The molecule has 0 aliphatic heterocycles. The molecule has 0 saturated carbocycles. The molecule has 3 rings (SSSR count). The number of ether oxygens (including phenoxy) is 1. The Kier molecular flexibility index (Phi) is 6.90. The summed E-state index contributed by atoms with van der Waals surface area (Å²) in [4.78, 5) is 24.4. The molecular weight excluding hydrogens is 431 g/mol. The minimum absolute atomic E-state index is 0.302. The van der Waals surface area contributed by atoms with E-state index in [4.69, 9.17) is 27.9 Å². The molecular formula is C21H18Cl2N2O3S. The number of benzene rings is 1. The molecule has 0 aliphatic carbocycles. The lowest BCUT2D eigenvalue weighted by molar-refractivity contribution is -0.136. The lowest BCUT2D eigenvalue weighted by Gasteiger charge is -2.04. The second-order valence-electron chi connectivity index (χ2n) is 6.40. The number of rotatable bonds is 7. The number of hydrogen-bond donors (Lipinski definition) is 0. The number of Topliss-reactive ketones (excluding diaryl/α,β-unsaturated/α-hetero) is 1. The first kappa shape index (κ1) is 21.3. The molecule has 29 heavy (non-hydrogen) atoms. The molecule has 0 atom stereocenters. The van der Waals surface area contributed by atoms with Crippen LogP contribution in [0.4, 0.5) is 0 Å². The number of ketones is 1. The molecule has 2 heterocycles. The van der Waals surface area contributed by atoms with E-state index in [9.17, 15) is 9.59 Å². The lowest BCUT2D eigenvalue weighted by Crippen LogP contribution is -2.11. The molecule has 0 fully saturated rings. The Morgan fingerprint density at radius 3 is 2.52 bits per heavy atom. The normalized spacial score (nSPS) is 11.2. The summed E-state index contributed by atoms with van der Waals surface area (Å²) in [6.45, 7) is 4.02. The fourth-order valence-electron chi connectivity index (χ4n) is 2.60. The maximum atomic E-state index is 12.0. The zero-order valence-electron chi connectivity index (χ0n) is 15.8. The van der Waals surface area contributed by atoms with Crippen molar-refractivity contribution >= 4 is 52.4 Å². The number of halogens is 2. The highest BCUT2D eigenvalue weighted by Gasteiger charge is 2.13. The van der Waals surface area contributed by atoms with Crippen LogP contribution in [0.15, 0.2) is 42.5 Å². The Labute approximate surface area is 182 Å². The van der Waals surface area contributed by atoms with Crippen LogP contribution in [0.1, 0.15) is 32.1 Å². The van der Waals surface area contributed by atoms with Gasteiger partial charge in [-0.05, 0) is 37.6 Å². The van der Waals surface area contributed by atoms with Crippen LogP contribution in [0.2, 0.25) is 9.49 Å². The average molecular weight is 449 g/mol. The predicted octanol–water partition coefficient (Wildman–Crippen LogP) is 5.36. The fraction of sp³-hybridized carbons (Fsp3) is 0.190. The van der Waals surface area contributed by atoms with Crippen LogP contribution in [0, 0.1) is 13.8 Å². The van der Waals surface area contributed by atoms with Crippen LogP contribution in [-0.2, 0) is 16.1 Å². The van der Waals surface area contributed by atoms with Crippen molar-refractivity contribution in [1.82, 2.24) is 9.78 Å². The zero-order chi connectivity index (χ0) is 21.0. The Bertz CT molecular complexity index is 1070. The number of esters is 1. The summed E-state index contributed by atoms with van der Waals surface area (Å²) in [5, 5.41) is 4.87. The van der Waals surface area contributed by atoms with Crippen molar-refractivity contribution in [2.24, 2.45) is 0 Å². The van der Waals surface area contributed by atoms with Gasteiger partial charge in [-0.2, -0.15) is 5.10 Å². The fourth-order valence-corrected chi connectivity index (χ4v) is 3.86. The minimum atomic E-state index is -0.636. The van der Waals surface area contributed by atoms with Crippen molar-refractivity contribution in [2.45, 2.75) is 20.4 Å². The van der Waals surface area contributed by atoms with Gasteiger partial charge in [0, 0.05) is 11.6 Å². The Hall–Kier alpha value is -2.41. The zero-order valence-corrected chi connectivity index (χ0v) is 18.1. The number of hydrogen-bond acceptors (Lipinski definition) is 5. The molecule has 5 nitrogen and oxygen atoms in total. The lowest BCUT2D eigenvalue weighted by atomic mass is 10.1. The smallest absolute Gasteiger partial charge is 0.331 e. The summed E-state index contributed by atoms with van der Waals surface area (Å²) < 4.78 is 7.18. The first-order valence-electron chi connectivity index (χ1n) is 8.75. The number of carbonyl (C=O) groups excluding carboxylic acids is 2. The monoisotopic (exact) mass is 448 g/mol. The van der Waals surface area contributed by atoms with E-state index in [2.05, 4.69) is 5.10 Å². The summed E-state index contributed by atoms with van der Waals surface area (Å²) >= 11 is 13.4. The van der Waals surface area contributed by atoms with Gasteiger partial charge in [-0.3, -0.25) is 4.79 Å². The second-order valence-corrected chi connectivity index (χ2v) is 8.47. The van der Waals surface area contributed by atoms with E-state index in [0.29, 0.717) is 32.2 Å². The molecule has 150 valence electrons. The van der Waals surface area contributed by atoms with E-state index in [1.54, 1.807) is 22.9 Å². The van der Waals surface area contributed by atoms with E-state index in [1.165, 1.54) is 11.6 Å². The van der Waals surface area contributed by atoms with Gasteiger partial charge in [0.2, 0.25) is 5.78 Å². The molecule has 1 aromatic carbocycles. The first-order valence-corrected chi connectivity index (χ1v) is 10.3. The van der Waals surface area contributed by atoms with Gasteiger partial charge in [0.05, 0.1) is 21.5 Å². The average Bonchev–Trinajstić information content (AvgIpc) is 3.23. The van der Waals surface area contributed by atoms with Gasteiger partial charge in [0.1, 0.15) is 5.15 Å². The van der Waals surface area contributed by atoms with Crippen molar-refractivity contribution in [3.8, 4) is 0 Å². The van der Waals surface area contributed by atoms with Crippen molar-refractivity contribution in [1.29, 1.82) is 0 Å². The molecule has 3 aromatic rings. The molecule has 0 bridgehead atoms. The molecule has 0 N–H and O–H groups in total. The van der Waals surface area contributed by atoms with E-state index in [1.807, 2.05) is 38.1 Å².